The number of anilines is 1. The average Bonchev–Trinajstić information content (AvgIpc) is 3.41. The van der Waals surface area contributed by atoms with Gasteiger partial charge < -0.3 is 16.0 Å². The molecule has 0 spiro atoms. The maximum Gasteiger partial charge on any atom is 0.249 e. The van der Waals surface area contributed by atoms with Gasteiger partial charge in [-0.15, -0.1) is 5.10 Å². The largest absolute Gasteiger partial charge is 0.343 e. The predicted octanol–water partition coefficient (Wildman–Crippen LogP) is 2.85. The maximum atomic E-state index is 13.6. The summed E-state index contributed by atoms with van der Waals surface area (Å²) < 4.78 is 0. The molecule has 2 atom stereocenters. The number of amides is 2. The highest BCUT2D eigenvalue weighted by atomic mass is 16.2. The Balaban J connectivity index is 1.43. The van der Waals surface area contributed by atoms with Crippen LogP contribution in [0.5, 0.6) is 0 Å². The number of benzene rings is 3. The van der Waals surface area contributed by atoms with Crippen molar-refractivity contribution in [1.29, 1.82) is 0 Å². The molecule has 4 aromatic rings. The first-order chi connectivity index (χ1) is 17.5. The molecule has 0 radical (unpaired) electrons. The Bertz CT molecular complexity index is 1370. The molecule has 36 heavy (non-hydrogen) atoms. The summed E-state index contributed by atoms with van der Waals surface area (Å²) in [6.07, 6.45) is 1.21. The number of tetrazole rings is 1. The van der Waals surface area contributed by atoms with Gasteiger partial charge in [-0.2, -0.15) is 0 Å². The third kappa shape index (κ3) is 4.73. The Morgan fingerprint density at radius 3 is 2.53 bits per heavy atom. The Labute approximate surface area is 208 Å². The number of nitrogens with zero attached hydrogens (tertiary/aromatic N) is 4. The predicted molar refractivity (Wildman–Crippen MR) is 137 cm³/mol. The van der Waals surface area contributed by atoms with Crippen LogP contribution in [0.2, 0.25) is 0 Å². The molecule has 2 amide bonds. The van der Waals surface area contributed by atoms with Crippen LogP contribution in [0.1, 0.15) is 24.5 Å². The molecule has 0 unspecified atom stereocenters. The minimum Gasteiger partial charge on any atom is -0.343 e. The van der Waals surface area contributed by atoms with Crippen LogP contribution in [0.3, 0.4) is 0 Å². The summed E-state index contributed by atoms with van der Waals surface area (Å²) in [7, 11) is 0. The van der Waals surface area contributed by atoms with Crippen LogP contribution in [0.4, 0.5) is 5.69 Å². The molecule has 3 aromatic carbocycles. The van der Waals surface area contributed by atoms with E-state index in [1.807, 2.05) is 72.8 Å². The minimum absolute atomic E-state index is 0.138. The van der Waals surface area contributed by atoms with E-state index in [1.165, 1.54) is 0 Å². The van der Waals surface area contributed by atoms with Crippen molar-refractivity contribution in [1.82, 2.24) is 25.9 Å². The lowest BCUT2D eigenvalue weighted by Crippen LogP contribution is -2.51. The Morgan fingerprint density at radius 1 is 1.08 bits per heavy atom. The number of rotatable bonds is 6. The van der Waals surface area contributed by atoms with Crippen molar-refractivity contribution >= 4 is 17.5 Å². The third-order valence-electron chi connectivity index (χ3n) is 6.41. The molecule has 0 saturated heterocycles. The standard InChI is InChI=1S/C27H27N7O2/c1-17(28)26(35)29-23-15-14-20-6-2-5-9-24(20)34(27(23)36)16-18-10-12-19(13-11-18)21-7-3-4-8-22(21)25-30-32-33-31-25/h2-13,17,23H,14-16,28H2,1H3,(H,29,35)(H,30,31,32,33)/t17-,23+/m0/s1. The van der Waals surface area contributed by atoms with Gasteiger partial charge in [0.05, 0.1) is 12.6 Å². The second-order valence-electron chi connectivity index (χ2n) is 8.93. The second kappa shape index (κ2) is 10.1. The van der Waals surface area contributed by atoms with Crippen LogP contribution in [0, 0.1) is 0 Å². The lowest BCUT2D eigenvalue weighted by molar-refractivity contribution is -0.128. The van der Waals surface area contributed by atoms with E-state index < -0.39 is 12.1 Å². The second-order valence-corrected chi connectivity index (χ2v) is 8.93. The van der Waals surface area contributed by atoms with Gasteiger partial charge in [0.25, 0.3) is 0 Å². The molecule has 1 aliphatic heterocycles. The lowest BCUT2D eigenvalue weighted by atomic mass is 9.98. The Kier molecular flexibility index (Phi) is 6.55. The Morgan fingerprint density at radius 2 is 1.81 bits per heavy atom. The van der Waals surface area contributed by atoms with Crippen LogP contribution in [-0.2, 0) is 22.6 Å². The quantitative estimate of drug-likeness (QED) is 0.388. The summed E-state index contributed by atoms with van der Waals surface area (Å²) in [6, 6.07) is 22.6. The van der Waals surface area contributed by atoms with Gasteiger partial charge in [-0.25, -0.2) is 5.10 Å². The van der Waals surface area contributed by atoms with Gasteiger partial charge in [-0.1, -0.05) is 66.7 Å². The summed E-state index contributed by atoms with van der Waals surface area (Å²) in [5.74, 6) is 0.131. The topological polar surface area (TPSA) is 130 Å². The zero-order valence-electron chi connectivity index (χ0n) is 19.9. The van der Waals surface area contributed by atoms with Crippen molar-refractivity contribution in [2.75, 3.05) is 4.90 Å². The molecule has 1 aromatic heterocycles. The fraction of sp³-hybridized carbons (Fsp3) is 0.222. The van der Waals surface area contributed by atoms with Gasteiger partial charge in [0.15, 0.2) is 5.82 Å². The summed E-state index contributed by atoms with van der Waals surface area (Å²) in [5, 5.41) is 17.1. The molecule has 5 rings (SSSR count). The number of hydrogen-bond acceptors (Lipinski definition) is 6. The van der Waals surface area contributed by atoms with E-state index in [0.717, 1.165) is 33.5 Å². The zero-order chi connectivity index (χ0) is 25.1. The molecule has 1 aliphatic rings. The molecule has 9 nitrogen and oxygen atoms in total. The average molecular weight is 482 g/mol. The van der Waals surface area contributed by atoms with E-state index in [2.05, 4.69) is 25.9 Å². The van der Waals surface area contributed by atoms with Gasteiger partial charge in [0.1, 0.15) is 6.04 Å². The number of carbonyl (C=O) groups is 2. The molecule has 0 bridgehead atoms. The molecule has 2 heterocycles. The van der Waals surface area contributed by atoms with Crippen LogP contribution in [0.25, 0.3) is 22.5 Å². The van der Waals surface area contributed by atoms with Crippen molar-refractivity contribution in [3.63, 3.8) is 0 Å². The van der Waals surface area contributed by atoms with Gasteiger partial charge in [0.2, 0.25) is 11.8 Å². The maximum absolute atomic E-state index is 13.6. The molecule has 0 fully saturated rings. The van der Waals surface area contributed by atoms with Gasteiger partial charge in [0, 0.05) is 11.3 Å². The number of nitrogens with one attached hydrogen (secondary N) is 2. The van der Waals surface area contributed by atoms with Crippen LogP contribution >= 0.6 is 0 Å². The number of H-pyrrole nitrogens is 1. The normalized spacial score (nSPS) is 16.2. The van der Waals surface area contributed by atoms with E-state index in [9.17, 15) is 9.59 Å². The van der Waals surface area contributed by atoms with Crippen molar-refractivity contribution < 1.29 is 9.59 Å². The number of carbonyl (C=O) groups excluding carboxylic acids is 2. The third-order valence-corrected chi connectivity index (χ3v) is 6.41. The van der Waals surface area contributed by atoms with Gasteiger partial charge in [-0.05, 0) is 58.5 Å². The Hall–Kier alpha value is -4.37. The smallest absolute Gasteiger partial charge is 0.249 e. The minimum atomic E-state index is -0.681. The van der Waals surface area contributed by atoms with E-state index in [1.54, 1.807) is 11.8 Å². The molecule has 0 saturated carbocycles. The molecule has 4 N–H and O–H groups in total. The van der Waals surface area contributed by atoms with Crippen LogP contribution in [0.15, 0.2) is 72.8 Å². The first kappa shape index (κ1) is 23.4. The number of aryl methyl sites for hydroxylation is 1. The lowest BCUT2D eigenvalue weighted by Gasteiger charge is -2.27. The van der Waals surface area contributed by atoms with Gasteiger partial charge >= 0.3 is 0 Å². The SMILES string of the molecule is C[C@H](N)C(=O)N[C@@H]1CCc2ccccc2N(Cc2ccc(-c3ccccc3-c3nnn[nH]3)cc2)C1=O. The number of nitrogens with two attached hydrogens (primary N) is 1. The van der Waals surface area contributed by atoms with E-state index in [0.29, 0.717) is 25.2 Å². The summed E-state index contributed by atoms with van der Waals surface area (Å²) in [4.78, 5) is 27.6. The highest BCUT2D eigenvalue weighted by Gasteiger charge is 2.31. The fourth-order valence-electron chi connectivity index (χ4n) is 4.50. The first-order valence-corrected chi connectivity index (χ1v) is 11.9. The number of aromatic nitrogens is 4. The molecule has 0 aliphatic carbocycles. The van der Waals surface area contributed by atoms with Gasteiger partial charge in [-0.3, -0.25) is 9.59 Å². The van der Waals surface area contributed by atoms with Crippen molar-refractivity contribution in [3.8, 4) is 22.5 Å². The number of aromatic amines is 1. The number of hydrogen-bond donors (Lipinski definition) is 3. The highest BCUT2D eigenvalue weighted by molar-refractivity contribution is 6.00. The molecular weight excluding hydrogens is 454 g/mol. The molecular formula is C27H27N7O2. The van der Waals surface area contributed by atoms with E-state index in [-0.39, 0.29) is 11.8 Å². The van der Waals surface area contributed by atoms with Crippen LogP contribution in [-0.4, -0.2) is 44.5 Å². The summed E-state index contributed by atoms with van der Waals surface area (Å²) in [6.45, 7) is 2.00. The van der Waals surface area contributed by atoms with Crippen molar-refractivity contribution in [2.24, 2.45) is 5.73 Å². The number of fused-ring (bicyclic) bond motifs is 1. The van der Waals surface area contributed by atoms with E-state index >= 15 is 0 Å². The van der Waals surface area contributed by atoms with E-state index in [4.69, 9.17) is 5.73 Å². The molecule has 182 valence electrons. The molecule has 9 heteroatoms. The fourth-order valence-corrected chi connectivity index (χ4v) is 4.50. The number of para-hydroxylation sites is 1. The monoisotopic (exact) mass is 481 g/mol. The van der Waals surface area contributed by atoms with Crippen molar-refractivity contribution in [3.05, 3.63) is 83.9 Å². The summed E-state index contributed by atoms with van der Waals surface area (Å²) in [5.41, 5.74) is 11.6. The zero-order valence-corrected chi connectivity index (χ0v) is 19.9. The summed E-state index contributed by atoms with van der Waals surface area (Å²) >= 11 is 0. The highest BCUT2D eigenvalue weighted by Crippen LogP contribution is 2.31. The van der Waals surface area contributed by atoms with Crippen molar-refractivity contribution in [2.45, 2.75) is 38.4 Å². The first-order valence-electron chi connectivity index (χ1n) is 11.9. The van der Waals surface area contributed by atoms with Crippen LogP contribution < -0.4 is 16.0 Å².